The van der Waals surface area contributed by atoms with E-state index in [-0.39, 0.29) is 11.8 Å². The van der Waals surface area contributed by atoms with Crippen molar-refractivity contribution in [3.8, 4) is 0 Å². The zero-order valence-electron chi connectivity index (χ0n) is 17.3. The number of anilines is 1. The van der Waals surface area contributed by atoms with E-state index in [1.54, 1.807) is 11.0 Å². The van der Waals surface area contributed by atoms with Gasteiger partial charge >= 0.3 is 0 Å². The van der Waals surface area contributed by atoms with Crippen LogP contribution >= 0.6 is 23.2 Å². The number of halogens is 2. The van der Waals surface area contributed by atoms with Gasteiger partial charge in [-0.2, -0.15) is 0 Å². The third-order valence-electron chi connectivity index (χ3n) is 5.17. The van der Waals surface area contributed by atoms with E-state index in [0.29, 0.717) is 35.3 Å². The molecule has 0 spiro atoms. The summed E-state index contributed by atoms with van der Waals surface area (Å²) in [5, 5.41) is 15.0. The number of rotatable bonds is 6. The average molecular weight is 460 g/mol. The van der Waals surface area contributed by atoms with Gasteiger partial charge in [0.05, 0.1) is 0 Å². The Bertz CT molecular complexity index is 1060. The molecule has 2 heterocycles. The van der Waals surface area contributed by atoms with E-state index in [0.717, 1.165) is 16.8 Å². The summed E-state index contributed by atoms with van der Waals surface area (Å²) in [6.07, 6.45) is -0.337. The molecule has 9 heteroatoms. The molecule has 0 fully saturated rings. The normalized spacial score (nSPS) is 18.9. The zero-order chi connectivity index (χ0) is 22.0. The molecule has 0 saturated heterocycles. The van der Waals surface area contributed by atoms with Crippen molar-refractivity contribution in [1.29, 1.82) is 0 Å². The highest BCUT2D eigenvalue weighted by atomic mass is 35.5. The molecule has 1 N–H and O–H groups in total. The van der Waals surface area contributed by atoms with Crippen molar-refractivity contribution in [2.24, 2.45) is 5.92 Å². The average Bonchev–Trinajstić information content (AvgIpc) is 3.23. The molecule has 0 radical (unpaired) electrons. The monoisotopic (exact) mass is 459 g/mol. The topological polar surface area (TPSA) is 84.0 Å². The van der Waals surface area contributed by atoms with Crippen LogP contribution < -0.4 is 4.90 Å². The lowest BCUT2D eigenvalue weighted by molar-refractivity contribution is -0.132. The van der Waals surface area contributed by atoms with Gasteiger partial charge < -0.3 is 9.64 Å². The first-order valence-corrected chi connectivity index (χ1v) is 10.9. The number of nitrogens with zero attached hydrogens (tertiary/aromatic N) is 4. The van der Waals surface area contributed by atoms with Crippen molar-refractivity contribution >= 4 is 34.8 Å². The van der Waals surface area contributed by atoms with Crippen molar-refractivity contribution in [3.63, 3.8) is 0 Å². The first kappa shape index (κ1) is 21.7. The summed E-state index contributed by atoms with van der Waals surface area (Å²) in [6.45, 7) is 4.72. The molecule has 1 amide bonds. The van der Waals surface area contributed by atoms with Gasteiger partial charge in [0.15, 0.2) is 0 Å². The lowest BCUT2D eigenvalue weighted by Gasteiger charge is -2.26. The second kappa shape index (κ2) is 9.34. The number of benzene rings is 2. The SMILES string of the molecule is CC(C)CN1C(=O)C(CCc2nnn[nH]2)OC(c2ccccc2Cl)c2cc(Cl)ccc21. The number of aromatic amines is 1. The van der Waals surface area contributed by atoms with Crippen LogP contribution in [0, 0.1) is 5.92 Å². The van der Waals surface area contributed by atoms with Crippen molar-refractivity contribution in [1.82, 2.24) is 20.6 Å². The molecule has 0 bridgehead atoms. The Morgan fingerprint density at radius 3 is 2.68 bits per heavy atom. The van der Waals surface area contributed by atoms with Gasteiger partial charge in [-0.05, 0) is 47.0 Å². The number of carbonyl (C=O) groups excluding carboxylic acids is 1. The number of tetrazole rings is 1. The molecule has 162 valence electrons. The van der Waals surface area contributed by atoms with Crippen molar-refractivity contribution < 1.29 is 9.53 Å². The summed E-state index contributed by atoms with van der Waals surface area (Å²) in [7, 11) is 0. The number of fused-ring (bicyclic) bond motifs is 1. The number of aryl methyl sites for hydroxylation is 1. The second-order valence-corrected chi connectivity index (χ2v) is 8.80. The molecule has 31 heavy (non-hydrogen) atoms. The summed E-state index contributed by atoms with van der Waals surface area (Å²) >= 11 is 12.9. The summed E-state index contributed by atoms with van der Waals surface area (Å²) in [4.78, 5) is 15.4. The minimum absolute atomic E-state index is 0.0979. The predicted octanol–water partition coefficient (Wildman–Crippen LogP) is 4.62. The molecule has 3 aromatic rings. The van der Waals surface area contributed by atoms with Crippen LogP contribution in [0.1, 0.15) is 43.3 Å². The molecule has 2 aromatic carbocycles. The number of nitrogens with one attached hydrogen (secondary N) is 1. The number of hydrogen-bond donors (Lipinski definition) is 1. The van der Waals surface area contributed by atoms with Gasteiger partial charge in [0.2, 0.25) is 0 Å². The van der Waals surface area contributed by atoms with E-state index >= 15 is 0 Å². The van der Waals surface area contributed by atoms with Crippen molar-refractivity contribution in [3.05, 3.63) is 69.5 Å². The molecule has 1 aliphatic rings. The fraction of sp³-hybridized carbons (Fsp3) is 0.364. The maximum atomic E-state index is 13.6. The Balaban J connectivity index is 1.80. The summed E-state index contributed by atoms with van der Waals surface area (Å²) < 4.78 is 6.47. The molecule has 1 aliphatic heterocycles. The van der Waals surface area contributed by atoms with Gasteiger partial charge in [-0.3, -0.25) is 4.79 Å². The van der Waals surface area contributed by atoms with Crippen LogP contribution in [0.3, 0.4) is 0 Å². The fourth-order valence-electron chi connectivity index (χ4n) is 3.80. The fourth-order valence-corrected chi connectivity index (χ4v) is 4.21. The van der Waals surface area contributed by atoms with E-state index in [2.05, 4.69) is 34.5 Å². The lowest BCUT2D eigenvalue weighted by atomic mass is 9.99. The number of H-pyrrole nitrogens is 1. The molecule has 0 saturated carbocycles. The Morgan fingerprint density at radius 1 is 1.16 bits per heavy atom. The molecule has 0 aliphatic carbocycles. The number of aromatic nitrogens is 4. The highest BCUT2D eigenvalue weighted by molar-refractivity contribution is 6.31. The summed E-state index contributed by atoms with van der Waals surface area (Å²) in [6, 6.07) is 13.0. The number of hydrogen-bond acceptors (Lipinski definition) is 5. The highest BCUT2D eigenvalue weighted by Gasteiger charge is 2.37. The Labute approximate surface area is 190 Å². The second-order valence-electron chi connectivity index (χ2n) is 7.96. The minimum atomic E-state index is -0.698. The Hall–Kier alpha value is -2.48. The molecular weight excluding hydrogens is 437 g/mol. The van der Waals surface area contributed by atoms with Gasteiger partial charge in [0.25, 0.3) is 5.91 Å². The molecule has 2 atom stereocenters. The van der Waals surface area contributed by atoms with Crippen LogP contribution in [0.5, 0.6) is 0 Å². The quantitative estimate of drug-likeness (QED) is 0.581. The van der Waals surface area contributed by atoms with Gasteiger partial charge in [0.1, 0.15) is 18.0 Å². The number of ether oxygens (including phenoxy) is 1. The van der Waals surface area contributed by atoms with E-state index in [1.807, 2.05) is 36.4 Å². The zero-order valence-corrected chi connectivity index (χ0v) is 18.8. The van der Waals surface area contributed by atoms with Gasteiger partial charge in [-0.15, -0.1) is 5.10 Å². The first-order valence-electron chi connectivity index (χ1n) is 10.2. The smallest absolute Gasteiger partial charge is 0.256 e. The van der Waals surface area contributed by atoms with Crippen molar-refractivity contribution in [2.75, 3.05) is 11.4 Å². The van der Waals surface area contributed by atoms with E-state index in [1.165, 1.54) is 0 Å². The Kier molecular flexibility index (Phi) is 6.55. The minimum Gasteiger partial charge on any atom is -0.356 e. The van der Waals surface area contributed by atoms with Crippen LogP contribution in [0.15, 0.2) is 42.5 Å². The third kappa shape index (κ3) is 4.74. The van der Waals surface area contributed by atoms with Gasteiger partial charge in [-0.25, -0.2) is 5.10 Å². The highest BCUT2D eigenvalue weighted by Crippen LogP contribution is 2.42. The number of carbonyl (C=O) groups is 1. The standard InChI is InChI=1S/C22H23Cl2N5O2/c1-13(2)12-29-18-8-7-14(23)11-16(18)21(15-5-3-4-6-17(15)24)31-19(22(29)30)9-10-20-25-27-28-26-20/h3-8,11,13,19,21H,9-10,12H2,1-2H3,(H,25,26,27,28). The summed E-state index contributed by atoms with van der Waals surface area (Å²) in [5.74, 6) is 0.772. The Morgan fingerprint density at radius 2 is 1.97 bits per heavy atom. The predicted molar refractivity (Wildman–Crippen MR) is 119 cm³/mol. The van der Waals surface area contributed by atoms with Crippen LogP contribution in [0.4, 0.5) is 5.69 Å². The molecule has 4 rings (SSSR count). The molecule has 2 unspecified atom stereocenters. The van der Waals surface area contributed by atoms with E-state index in [4.69, 9.17) is 27.9 Å². The summed E-state index contributed by atoms with van der Waals surface area (Å²) in [5.41, 5.74) is 2.40. The van der Waals surface area contributed by atoms with E-state index in [9.17, 15) is 4.79 Å². The van der Waals surface area contributed by atoms with Crippen molar-refractivity contribution in [2.45, 2.75) is 38.9 Å². The van der Waals surface area contributed by atoms with E-state index < -0.39 is 12.2 Å². The maximum absolute atomic E-state index is 13.6. The third-order valence-corrected chi connectivity index (χ3v) is 5.75. The number of amides is 1. The molecular formula is C22H23Cl2N5O2. The van der Waals surface area contributed by atoms with Gasteiger partial charge in [-0.1, -0.05) is 55.2 Å². The van der Waals surface area contributed by atoms with Gasteiger partial charge in [0, 0.05) is 39.8 Å². The molecule has 7 nitrogen and oxygen atoms in total. The largest absolute Gasteiger partial charge is 0.356 e. The maximum Gasteiger partial charge on any atom is 0.256 e. The lowest BCUT2D eigenvalue weighted by Crippen LogP contribution is -2.41. The van der Waals surface area contributed by atoms with Crippen LogP contribution in [-0.4, -0.2) is 39.2 Å². The van der Waals surface area contributed by atoms with Crippen LogP contribution in [-0.2, 0) is 16.0 Å². The first-order chi connectivity index (χ1) is 14.9. The van der Waals surface area contributed by atoms with Crippen LogP contribution in [0.25, 0.3) is 0 Å². The molecule has 1 aromatic heterocycles. The van der Waals surface area contributed by atoms with Crippen LogP contribution in [0.2, 0.25) is 10.0 Å².